The molecule has 6 heteroatoms. The maximum Gasteiger partial charge on any atom is 0.256 e. The quantitative estimate of drug-likeness (QED) is 0.900. The molecule has 2 atom stereocenters. The monoisotopic (exact) mass is 341 g/mol. The summed E-state index contributed by atoms with van der Waals surface area (Å²) in [5.41, 5.74) is 7.60. The van der Waals surface area contributed by atoms with E-state index in [1.807, 2.05) is 30.3 Å². The molecule has 0 aromatic heterocycles. The van der Waals surface area contributed by atoms with E-state index in [1.54, 1.807) is 4.90 Å². The van der Waals surface area contributed by atoms with Gasteiger partial charge in [0, 0.05) is 37.7 Å². The minimum atomic E-state index is -0.615. The van der Waals surface area contributed by atoms with E-state index in [0.717, 1.165) is 5.56 Å². The molecule has 0 aliphatic carbocycles. The van der Waals surface area contributed by atoms with Gasteiger partial charge in [0.1, 0.15) is 5.82 Å². The number of amides is 2. The number of nitrogens with one attached hydrogen (secondary N) is 1. The highest BCUT2D eigenvalue weighted by Gasteiger charge is 2.35. The first-order chi connectivity index (χ1) is 12.0. The third kappa shape index (κ3) is 3.69. The molecule has 25 heavy (non-hydrogen) atoms. The van der Waals surface area contributed by atoms with Crippen molar-refractivity contribution < 1.29 is 14.0 Å². The fourth-order valence-electron chi connectivity index (χ4n) is 3.19. The molecule has 5 nitrogen and oxygen atoms in total. The average Bonchev–Trinajstić information content (AvgIpc) is 2.98. The number of hydrogen-bond acceptors (Lipinski definition) is 3. The molecule has 1 saturated heterocycles. The number of benzene rings is 2. The number of anilines is 1. The van der Waals surface area contributed by atoms with Gasteiger partial charge in [-0.2, -0.15) is 0 Å². The minimum Gasteiger partial charge on any atom is -0.336 e. The summed E-state index contributed by atoms with van der Waals surface area (Å²) >= 11 is 0. The molecule has 1 aliphatic heterocycles. The number of likely N-dealkylation sites (tertiary alicyclic amines) is 1. The maximum absolute atomic E-state index is 14.1. The van der Waals surface area contributed by atoms with Gasteiger partial charge in [0.05, 0.1) is 5.56 Å². The third-order valence-electron chi connectivity index (χ3n) is 4.40. The topological polar surface area (TPSA) is 75.4 Å². The largest absolute Gasteiger partial charge is 0.336 e. The fourth-order valence-corrected chi connectivity index (χ4v) is 3.19. The van der Waals surface area contributed by atoms with Crippen LogP contribution in [0.1, 0.15) is 28.8 Å². The Kier molecular flexibility index (Phi) is 4.81. The maximum atomic E-state index is 14.1. The second kappa shape index (κ2) is 7.03. The summed E-state index contributed by atoms with van der Waals surface area (Å²) in [6, 6.07) is 13.5. The van der Waals surface area contributed by atoms with Crippen LogP contribution in [-0.2, 0) is 4.79 Å². The highest BCUT2D eigenvalue weighted by atomic mass is 19.1. The molecule has 0 unspecified atom stereocenters. The molecule has 2 aromatic carbocycles. The Labute approximate surface area is 145 Å². The van der Waals surface area contributed by atoms with Crippen LogP contribution < -0.4 is 11.1 Å². The fraction of sp³-hybridized carbons (Fsp3) is 0.263. The lowest BCUT2D eigenvalue weighted by Crippen LogP contribution is -2.32. The van der Waals surface area contributed by atoms with Gasteiger partial charge in [-0.25, -0.2) is 4.39 Å². The van der Waals surface area contributed by atoms with Crippen molar-refractivity contribution in [1.29, 1.82) is 0 Å². The summed E-state index contributed by atoms with van der Waals surface area (Å²) in [6.07, 6.45) is 0. The Balaban J connectivity index is 1.81. The number of rotatable bonds is 3. The van der Waals surface area contributed by atoms with E-state index in [-0.39, 0.29) is 23.4 Å². The lowest BCUT2D eigenvalue weighted by Gasteiger charge is -2.17. The number of hydrogen-bond donors (Lipinski definition) is 2. The van der Waals surface area contributed by atoms with Crippen LogP contribution in [0.25, 0.3) is 0 Å². The number of halogens is 1. The van der Waals surface area contributed by atoms with Crippen molar-refractivity contribution in [3.63, 3.8) is 0 Å². The van der Waals surface area contributed by atoms with Gasteiger partial charge in [-0.15, -0.1) is 0 Å². The molecule has 0 radical (unpaired) electrons. The Morgan fingerprint density at radius 3 is 2.56 bits per heavy atom. The van der Waals surface area contributed by atoms with E-state index in [0.29, 0.717) is 18.8 Å². The van der Waals surface area contributed by atoms with Crippen molar-refractivity contribution in [2.45, 2.75) is 18.9 Å². The standard InChI is InChI=1S/C19H20FN3O2/c1-12(24)22-14-7-8-17(20)15(9-14)19(25)23-10-16(18(21)11-23)13-5-3-2-4-6-13/h2-9,16,18H,10-11,21H2,1H3,(H,22,24)/t16-,18+/m0/s1. The molecular weight excluding hydrogens is 321 g/mol. The zero-order valence-corrected chi connectivity index (χ0v) is 13.9. The summed E-state index contributed by atoms with van der Waals surface area (Å²) in [4.78, 5) is 25.5. The molecule has 2 amide bonds. The van der Waals surface area contributed by atoms with Crippen LogP contribution in [0.3, 0.4) is 0 Å². The number of nitrogens with two attached hydrogens (primary N) is 1. The van der Waals surface area contributed by atoms with E-state index in [4.69, 9.17) is 5.73 Å². The van der Waals surface area contributed by atoms with Crippen LogP contribution in [0.4, 0.5) is 10.1 Å². The Morgan fingerprint density at radius 1 is 1.16 bits per heavy atom. The molecule has 130 valence electrons. The van der Waals surface area contributed by atoms with Gasteiger partial charge in [-0.1, -0.05) is 30.3 Å². The van der Waals surface area contributed by atoms with Crippen molar-refractivity contribution in [2.75, 3.05) is 18.4 Å². The van der Waals surface area contributed by atoms with Crippen molar-refractivity contribution in [3.8, 4) is 0 Å². The van der Waals surface area contributed by atoms with E-state index < -0.39 is 11.7 Å². The average molecular weight is 341 g/mol. The van der Waals surface area contributed by atoms with Crippen molar-refractivity contribution >= 4 is 17.5 Å². The van der Waals surface area contributed by atoms with Crippen molar-refractivity contribution in [1.82, 2.24) is 4.90 Å². The number of carbonyl (C=O) groups is 2. The SMILES string of the molecule is CC(=O)Nc1ccc(F)c(C(=O)N2C[C@@H](N)[C@H](c3ccccc3)C2)c1. The minimum absolute atomic E-state index is 0.0201. The molecule has 1 fully saturated rings. The highest BCUT2D eigenvalue weighted by Crippen LogP contribution is 2.28. The predicted molar refractivity (Wildman–Crippen MR) is 93.8 cm³/mol. The van der Waals surface area contributed by atoms with Crippen LogP contribution in [0, 0.1) is 5.82 Å². The normalized spacial score (nSPS) is 19.7. The van der Waals surface area contributed by atoms with Gasteiger partial charge >= 0.3 is 0 Å². The lowest BCUT2D eigenvalue weighted by atomic mass is 9.95. The molecule has 0 spiro atoms. The lowest BCUT2D eigenvalue weighted by molar-refractivity contribution is -0.114. The van der Waals surface area contributed by atoms with E-state index in [1.165, 1.54) is 25.1 Å². The van der Waals surface area contributed by atoms with E-state index >= 15 is 0 Å². The molecule has 3 rings (SSSR count). The summed E-state index contributed by atoms with van der Waals surface area (Å²) in [7, 11) is 0. The van der Waals surface area contributed by atoms with Gasteiger partial charge in [0.25, 0.3) is 5.91 Å². The van der Waals surface area contributed by atoms with Crippen LogP contribution in [0.5, 0.6) is 0 Å². The second-order valence-electron chi connectivity index (χ2n) is 6.27. The Bertz CT molecular complexity index is 795. The molecule has 2 aromatic rings. The molecular formula is C19H20FN3O2. The molecule has 0 bridgehead atoms. The van der Waals surface area contributed by atoms with Crippen molar-refractivity contribution in [3.05, 3.63) is 65.5 Å². The first kappa shape index (κ1) is 17.1. The molecule has 1 aliphatic rings. The second-order valence-corrected chi connectivity index (χ2v) is 6.27. The van der Waals surface area contributed by atoms with Gasteiger partial charge in [-0.3, -0.25) is 9.59 Å². The van der Waals surface area contributed by atoms with E-state index in [9.17, 15) is 14.0 Å². The van der Waals surface area contributed by atoms with Gasteiger partial charge in [0.15, 0.2) is 0 Å². The van der Waals surface area contributed by atoms with Crippen molar-refractivity contribution in [2.24, 2.45) is 5.73 Å². The smallest absolute Gasteiger partial charge is 0.256 e. The van der Waals surface area contributed by atoms with Gasteiger partial charge in [0.2, 0.25) is 5.91 Å². The predicted octanol–water partition coefficient (Wildman–Crippen LogP) is 2.35. The highest BCUT2D eigenvalue weighted by molar-refractivity contribution is 5.97. The van der Waals surface area contributed by atoms with Gasteiger partial charge < -0.3 is 16.0 Å². The third-order valence-corrected chi connectivity index (χ3v) is 4.40. The Morgan fingerprint density at radius 2 is 1.88 bits per heavy atom. The van der Waals surface area contributed by atoms with Gasteiger partial charge in [-0.05, 0) is 23.8 Å². The summed E-state index contributed by atoms with van der Waals surface area (Å²) < 4.78 is 14.1. The summed E-state index contributed by atoms with van der Waals surface area (Å²) in [5.74, 6) is -1.29. The zero-order valence-electron chi connectivity index (χ0n) is 13.9. The number of nitrogens with zero attached hydrogens (tertiary/aromatic N) is 1. The first-order valence-corrected chi connectivity index (χ1v) is 8.12. The molecule has 3 N–H and O–H groups in total. The number of carbonyl (C=O) groups excluding carboxylic acids is 2. The summed E-state index contributed by atoms with van der Waals surface area (Å²) in [5, 5.41) is 2.56. The molecule has 1 heterocycles. The Hall–Kier alpha value is -2.73. The molecule has 0 saturated carbocycles. The van der Waals surface area contributed by atoms with Crippen LogP contribution >= 0.6 is 0 Å². The van der Waals surface area contributed by atoms with E-state index in [2.05, 4.69) is 5.32 Å². The van der Waals surface area contributed by atoms with Crippen LogP contribution in [0.2, 0.25) is 0 Å². The summed E-state index contributed by atoms with van der Waals surface area (Å²) in [6.45, 7) is 2.16. The first-order valence-electron chi connectivity index (χ1n) is 8.12. The zero-order chi connectivity index (χ0) is 18.0. The van der Waals surface area contributed by atoms with Crippen LogP contribution in [0.15, 0.2) is 48.5 Å². The van der Waals surface area contributed by atoms with Crippen LogP contribution in [-0.4, -0.2) is 35.8 Å².